The second-order valence-electron chi connectivity index (χ2n) is 4.82. The molecule has 2 aromatic heterocycles. The zero-order valence-electron chi connectivity index (χ0n) is 12.5. The zero-order chi connectivity index (χ0) is 17.9. The van der Waals surface area contributed by atoms with Crippen LogP contribution in [0.15, 0.2) is 58.5 Å². The summed E-state index contributed by atoms with van der Waals surface area (Å²) in [6.07, 6.45) is -0.379. The highest BCUT2D eigenvalue weighted by molar-refractivity contribution is 7.13. The number of furan rings is 1. The molecular formula is C17H10F3NO3S. The van der Waals surface area contributed by atoms with Crippen LogP contribution < -0.4 is 4.74 Å². The highest BCUT2D eigenvalue weighted by Crippen LogP contribution is 2.25. The normalized spacial score (nSPS) is 11.8. The molecule has 0 N–H and O–H groups in total. The molecule has 3 aromatic rings. The molecule has 128 valence electrons. The first-order chi connectivity index (χ1) is 11.9. The highest BCUT2D eigenvalue weighted by Gasteiger charge is 2.31. The van der Waals surface area contributed by atoms with Gasteiger partial charge in [0.05, 0.1) is 12.0 Å². The Hall–Kier alpha value is -2.87. The van der Waals surface area contributed by atoms with Gasteiger partial charge in [-0.3, -0.25) is 4.79 Å². The number of ether oxygens (including phenoxy) is 1. The standard InChI is InChI=1S/C17H10F3NO3S/c18-17(19,20)24-13-6-3-11(4-7-13)14(22)8-5-12-10-25-16(21-12)15-2-1-9-23-15/h1-10H/b8-5-. The van der Waals surface area contributed by atoms with E-state index in [9.17, 15) is 18.0 Å². The van der Waals surface area contributed by atoms with Crippen molar-refractivity contribution in [3.63, 3.8) is 0 Å². The molecule has 0 aliphatic rings. The van der Waals surface area contributed by atoms with Gasteiger partial charge in [-0.25, -0.2) is 4.98 Å². The van der Waals surface area contributed by atoms with Crippen LogP contribution in [0.2, 0.25) is 0 Å². The van der Waals surface area contributed by atoms with Gasteiger partial charge in [0.1, 0.15) is 5.75 Å². The van der Waals surface area contributed by atoms with Gasteiger partial charge in [0.2, 0.25) is 0 Å². The van der Waals surface area contributed by atoms with Crippen molar-refractivity contribution in [2.24, 2.45) is 0 Å². The molecule has 0 aliphatic heterocycles. The lowest BCUT2D eigenvalue weighted by Crippen LogP contribution is -2.17. The number of hydrogen-bond donors (Lipinski definition) is 0. The fourth-order valence-electron chi connectivity index (χ4n) is 1.95. The van der Waals surface area contributed by atoms with E-state index in [2.05, 4.69) is 9.72 Å². The average Bonchev–Trinajstić information content (AvgIpc) is 3.23. The summed E-state index contributed by atoms with van der Waals surface area (Å²) in [5, 5.41) is 2.45. The Kier molecular flexibility index (Phi) is 4.71. The third kappa shape index (κ3) is 4.57. The molecule has 0 atom stereocenters. The number of benzene rings is 1. The molecule has 0 aliphatic carbocycles. The third-order valence-electron chi connectivity index (χ3n) is 3.03. The largest absolute Gasteiger partial charge is 0.573 e. The summed E-state index contributed by atoms with van der Waals surface area (Å²) in [6, 6.07) is 8.25. The SMILES string of the molecule is O=C(/C=C\c1csc(-c2ccco2)n1)c1ccc(OC(F)(F)F)cc1. The van der Waals surface area contributed by atoms with Crippen molar-refractivity contribution in [3.05, 3.63) is 65.4 Å². The van der Waals surface area contributed by atoms with Gasteiger partial charge in [-0.05, 0) is 48.6 Å². The van der Waals surface area contributed by atoms with E-state index in [1.165, 1.54) is 35.6 Å². The second-order valence-corrected chi connectivity index (χ2v) is 5.68. The maximum atomic E-state index is 12.1. The fraction of sp³-hybridized carbons (Fsp3) is 0.0588. The molecule has 0 saturated heterocycles. The maximum absolute atomic E-state index is 12.1. The Morgan fingerprint density at radius 1 is 1.20 bits per heavy atom. The molecule has 0 radical (unpaired) electrons. The van der Waals surface area contributed by atoms with E-state index in [0.717, 1.165) is 12.1 Å². The molecule has 3 rings (SSSR count). The number of alkyl halides is 3. The lowest BCUT2D eigenvalue weighted by molar-refractivity contribution is -0.274. The second kappa shape index (κ2) is 6.94. The van der Waals surface area contributed by atoms with E-state index in [-0.39, 0.29) is 17.1 Å². The monoisotopic (exact) mass is 365 g/mol. The summed E-state index contributed by atoms with van der Waals surface area (Å²) in [4.78, 5) is 16.4. The van der Waals surface area contributed by atoms with Crippen LogP contribution in [0.3, 0.4) is 0 Å². The van der Waals surface area contributed by atoms with Gasteiger partial charge in [-0.2, -0.15) is 0 Å². The number of carbonyl (C=O) groups is 1. The first-order valence-electron chi connectivity index (χ1n) is 6.98. The Morgan fingerprint density at radius 3 is 2.60 bits per heavy atom. The Bertz CT molecular complexity index is 881. The molecule has 8 heteroatoms. The van der Waals surface area contributed by atoms with Crippen LogP contribution in [-0.4, -0.2) is 17.1 Å². The first kappa shape index (κ1) is 17.0. The molecule has 4 nitrogen and oxygen atoms in total. The van der Waals surface area contributed by atoms with Gasteiger partial charge in [0, 0.05) is 10.9 Å². The van der Waals surface area contributed by atoms with Crippen LogP contribution in [0.25, 0.3) is 16.8 Å². The zero-order valence-corrected chi connectivity index (χ0v) is 13.3. The highest BCUT2D eigenvalue weighted by atomic mass is 32.1. The summed E-state index contributed by atoms with van der Waals surface area (Å²) in [5.74, 6) is -0.0991. The Labute approximate surface area is 144 Å². The summed E-state index contributed by atoms with van der Waals surface area (Å²) in [5.41, 5.74) is 0.828. The van der Waals surface area contributed by atoms with Gasteiger partial charge in [-0.15, -0.1) is 24.5 Å². The number of nitrogens with zero attached hydrogens (tertiary/aromatic N) is 1. The molecule has 25 heavy (non-hydrogen) atoms. The van der Waals surface area contributed by atoms with Gasteiger partial charge in [-0.1, -0.05) is 0 Å². The van der Waals surface area contributed by atoms with Gasteiger partial charge >= 0.3 is 6.36 Å². The van der Waals surface area contributed by atoms with Crippen LogP contribution in [0.1, 0.15) is 16.1 Å². The van der Waals surface area contributed by atoms with Crippen LogP contribution in [0.4, 0.5) is 13.2 Å². The van der Waals surface area contributed by atoms with E-state index in [1.807, 2.05) is 0 Å². The number of aromatic nitrogens is 1. The van der Waals surface area contributed by atoms with E-state index < -0.39 is 6.36 Å². The minimum atomic E-state index is -4.76. The summed E-state index contributed by atoms with van der Waals surface area (Å²) in [7, 11) is 0. The molecule has 0 bridgehead atoms. The first-order valence-corrected chi connectivity index (χ1v) is 7.86. The van der Waals surface area contributed by atoms with E-state index in [1.54, 1.807) is 23.8 Å². The van der Waals surface area contributed by atoms with Gasteiger partial charge < -0.3 is 9.15 Å². The van der Waals surface area contributed by atoms with Gasteiger partial charge in [0.15, 0.2) is 16.6 Å². The topological polar surface area (TPSA) is 52.3 Å². The predicted molar refractivity (Wildman–Crippen MR) is 86.3 cm³/mol. The van der Waals surface area contributed by atoms with Crippen molar-refractivity contribution in [3.8, 4) is 16.5 Å². The van der Waals surface area contributed by atoms with E-state index >= 15 is 0 Å². The lowest BCUT2D eigenvalue weighted by atomic mass is 10.1. The number of rotatable bonds is 5. The molecule has 2 heterocycles. The lowest BCUT2D eigenvalue weighted by Gasteiger charge is -2.08. The number of ketones is 1. The minimum Gasteiger partial charge on any atom is -0.462 e. The van der Waals surface area contributed by atoms with Crippen molar-refractivity contribution in [2.75, 3.05) is 0 Å². The summed E-state index contributed by atoms with van der Waals surface area (Å²) < 4.78 is 45.3. The summed E-state index contributed by atoms with van der Waals surface area (Å²) >= 11 is 1.37. The van der Waals surface area contributed by atoms with E-state index in [0.29, 0.717) is 16.5 Å². The fourth-order valence-corrected chi connectivity index (χ4v) is 2.71. The van der Waals surface area contributed by atoms with Crippen LogP contribution in [-0.2, 0) is 0 Å². The smallest absolute Gasteiger partial charge is 0.462 e. The molecule has 0 amide bonds. The van der Waals surface area contributed by atoms with Crippen molar-refractivity contribution in [2.45, 2.75) is 6.36 Å². The molecule has 0 unspecified atom stereocenters. The number of thiazole rings is 1. The summed E-state index contributed by atoms with van der Waals surface area (Å²) in [6.45, 7) is 0. The van der Waals surface area contributed by atoms with E-state index in [4.69, 9.17) is 4.42 Å². The molecule has 0 spiro atoms. The van der Waals surface area contributed by atoms with Crippen molar-refractivity contribution < 1.29 is 27.1 Å². The van der Waals surface area contributed by atoms with Crippen LogP contribution >= 0.6 is 11.3 Å². The molecule has 0 saturated carbocycles. The van der Waals surface area contributed by atoms with Gasteiger partial charge in [0.25, 0.3) is 0 Å². The number of halogens is 3. The van der Waals surface area contributed by atoms with Crippen molar-refractivity contribution in [1.82, 2.24) is 4.98 Å². The van der Waals surface area contributed by atoms with Crippen LogP contribution in [0.5, 0.6) is 5.75 Å². The Morgan fingerprint density at radius 2 is 1.96 bits per heavy atom. The quantitative estimate of drug-likeness (QED) is 0.461. The number of allylic oxidation sites excluding steroid dienone is 1. The maximum Gasteiger partial charge on any atom is 0.573 e. The third-order valence-corrected chi connectivity index (χ3v) is 3.91. The molecular weight excluding hydrogens is 355 g/mol. The average molecular weight is 365 g/mol. The Balaban J connectivity index is 1.66. The molecule has 1 aromatic carbocycles. The molecule has 0 fully saturated rings. The van der Waals surface area contributed by atoms with Crippen molar-refractivity contribution in [1.29, 1.82) is 0 Å². The van der Waals surface area contributed by atoms with Crippen molar-refractivity contribution >= 4 is 23.2 Å². The number of carbonyl (C=O) groups excluding carboxylic acids is 1. The predicted octanol–water partition coefficient (Wildman–Crippen LogP) is 5.20. The van der Waals surface area contributed by atoms with Crippen LogP contribution in [0, 0.1) is 0 Å². The number of hydrogen-bond acceptors (Lipinski definition) is 5. The minimum absolute atomic E-state index is 0.243.